The minimum atomic E-state index is 0.514. The van der Waals surface area contributed by atoms with Crippen LogP contribution in [-0.2, 0) is 6.42 Å². The van der Waals surface area contributed by atoms with Gasteiger partial charge in [-0.3, -0.25) is 0 Å². The fourth-order valence-corrected chi connectivity index (χ4v) is 3.10. The Morgan fingerprint density at radius 2 is 2.18 bits per heavy atom. The molecule has 1 aliphatic rings. The summed E-state index contributed by atoms with van der Waals surface area (Å²) < 4.78 is 0. The van der Waals surface area contributed by atoms with Crippen molar-refractivity contribution in [2.45, 2.75) is 39.0 Å². The van der Waals surface area contributed by atoms with Crippen molar-refractivity contribution in [3.8, 4) is 0 Å². The Hall–Kier alpha value is -1.57. The third kappa shape index (κ3) is 1.78. The fourth-order valence-electron chi connectivity index (χ4n) is 3.10. The number of fused-ring (bicyclic) bond motifs is 1. The zero-order valence-corrected chi connectivity index (χ0v) is 10.5. The van der Waals surface area contributed by atoms with Crippen LogP contribution in [0.2, 0.25) is 0 Å². The van der Waals surface area contributed by atoms with E-state index in [1.54, 1.807) is 11.9 Å². The molecule has 0 saturated heterocycles. The van der Waals surface area contributed by atoms with E-state index in [0.29, 0.717) is 5.92 Å². The van der Waals surface area contributed by atoms with Crippen LogP contribution in [0, 0.1) is 13.8 Å². The van der Waals surface area contributed by atoms with Gasteiger partial charge in [0, 0.05) is 17.8 Å². The number of nitrogens with one attached hydrogen (secondary N) is 1. The molecule has 2 nitrogen and oxygen atoms in total. The Labute approximate surface area is 102 Å². The molecule has 1 aromatic heterocycles. The van der Waals surface area contributed by atoms with Crippen molar-refractivity contribution in [3.05, 3.63) is 52.6 Å². The summed E-state index contributed by atoms with van der Waals surface area (Å²) in [5.41, 5.74) is 7.15. The molecule has 1 aromatic carbocycles. The van der Waals surface area contributed by atoms with Crippen molar-refractivity contribution in [3.63, 3.8) is 0 Å². The first-order chi connectivity index (χ1) is 8.25. The van der Waals surface area contributed by atoms with Gasteiger partial charge in [0.15, 0.2) is 0 Å². The molecule has 1 atom stereocenters. The molecule has 0 bridgehead atoms. The minimum Gasteiger partial charge on any atom is -0.348 e. The number of imidazole rings is 1. The SMILES string of the molecule is Cc1cc(C)c2c(c1)[C@@H](c1cnc[nH]1)CCC2. The molecule has 0 amide bonds. The molecule has 2 aromatic rings. The van der Waals surface area contributed by atoms with Gasteiger partial charge in [-0.25, -0.2) is 4.98 Å². The number of nitrogens with zero attached hydrogens (tertiary/aromatic N) is 1. The lowest BCUT2D eigenvalue weighted by atomic mass is 9.79. The zero-order chi connectivity index (χ0) is 11.8. The lowest BCUT2D eigenvalue weighted by Gasteiger charge is -2.26. The second kappa shape index (κ2) is 4.02. The summed E-state index contributed by atoms with van der Waals surface area (Å²) in [4.78, 5) is 7.44. The molecule has 3 rings (SSSR count). The molecule has 0 fully saturated rings. The Morgan fingerprint density at radius 1 is 1.29 bits per heavy atom. The molecule has 1 heterocycles. The van der Waals surface area contributed by atoms with E-state index in [4.69, 9.17) is 0 Å². The highest BCUT2D eigenvalue weighted by molar-refractivity contribution is 5.44. The van der Waals surface area contributed by atoms with Gasteiger partial charge in [0.1, 0.15) is 0 Å². The summed E-state index contributed by atoms with van der Waals surface area (Å²) in [5.74, 6) is 0.514. The lowest BCUT2D eigenvalue weighted by Crippen LogP contribution is -2.13. The third-order valence-electron chi connectivity index (χ3n) is 3.84. The average molecular weight is 226 g/mol. The maximum absolute atomic E-state index is 4.16. The van der Waals surface area contributed by atoms with Crippen LogP contribution in [-0.4, -0.2) is 9.97 Å². The number of hydrogen-bond acceptors (Lipinski definition) is 1. The first kappa shape index (κ1) is 10.6. The second-order valence-electron chi connectivity index (χ2n) is 5.10. The first-order valence-corrected chi connectivity index (χ1v) is 6.34. The predicted octanol–water partition coefficient (Wildman–Crippen LogP) is 3.49. The topological polar surface area (TPSA) is 28.7 Å². The lowest BCUT2D eigenvalue weighted by molar-refractivity contribution is 0.603. The number of aromatic nitrogens is 2. The number of aryl methyl sites for hydroxylation is 2. The Morgan fingerprint density at radius 3 is 2.94 bits per heavy atom. The van der Waals surface area contributed by atoms with Crippen molar-refractivity contribution in [1.29, 1.82) is 0 Å². The van der Waals surface area contributed by atoms with Gasteiger partial charge >= 0.3 is 0 Å². The molecular weight excluding hydrogens is 208 g/mol. The van der Waals surface area contributed by atoms with Crippen LogP contribution in [0.15, 0.2) is 24.7 Å². The Bertz CT molecular complexity index is 526. The third-order valence-corrected chi connectivity index (χ3v) is 3.84. The van der Waals surface area contributed by atoms with E-state index in [1.165, 1.54) is 41.6 Å². The van der Waals surface area contributed by atoms with Crippen LogP contribution >= 0.6 is 0 Å². The number of rotatable bonds is 1. The molecule has 0 saturated carbocycles. The van der Waals surface area contributed by atoms with E-state index in [9.17, 15) is 0 Å². The molecule has 0 spiro atoms. The van der Waals surface area contributed by atoms with Crippen molar-refractivity contribution in [2.24, 2.45) is 0 Å². The van der Waals surface area contributed by atoms with Crippen LogP contribution in [0.1, 0.15) is 46.7 Å². The van der Waals surface area contributed by atoms with E-state index < -0.39 is 0 Å². The van der Waals surface area contributed by atoms with Crippen LogP contribution in [0.25, 0.3) is 0 Å². The normalized spacial score (nSPS) is 19.1. The number of hydrogen-bond donors (Lipinski definition) is 1. The van der Waals surface area contributed by atoms with Gasteiger partial charge in [-0.05, 0) is 49.8 Å². The van der Waals surface area contributed by atoms with Crippen molar-refractivity contribution in [2.75, 3.05) is 0 Å². The standard InChI is InChI=1S/C15H18N2/c1-10-6-11(2)12-4-3-5-13(14(12)7-10)15-8-16-9-17-15/h6-9,13H,3-5H2,1-2H3,(H,16,17)/t13-/m0/s1. The van der Waals surface area contributed by atoms with E-state index in [-0.39, 0.29) is 0 Å². The van der Waals surface area contributed by atoms with Gasteiger partial charge < -0.3 is 4.98 Å². The summed E-state index contributed by atoms with van der Waals surface area (Å²) in [6, 6.07) is 4.65. The minimum absolute atomic E-state index is 0.514. The maximum atomic E-state index is 4.16. The quantitative estimate of drug-likeness (QED) is 0.792. The van der Waals surface area contributed by atoms with E-state index in [2.05, 4.69) is 35.9 Å². The van der Waals surface area contributed by atoms with Gasteiger partial charge in [0.05, 0.1) is 6.33 Å². The van der Waals surface area contributed by atoms with Gasteiger partial charge in [-0.15, -0.1) is 0 Å². The smallest absolute Gasteiger partial charge is 0.0921 e. The van der Waals surface area contributed by atoms with Gasteiger partial charge in [-0.2, -0.15) is 0 Å². The highest BCUT2D eigenvalue weighted by atomic mass is 14.9. The average Bonchev–Trinajstić information content (AvgIpc) is 2.81. The van der Waals surface area contributed by atoms with Crippen molar-refractivity contribution >= 4 is 0 Å². The Kier molecular flexibility index (Phi) is 2.50. The monoisotopic (exact) mass is 226 g/mol. The molecule has 0 unspecified atom stereocenters. The summed E-state index contributed by atoms with van der Waals surface area (Å²) >= 11 is 0. The number of aromatic amines is 1. The van der Waals surface area contributed by atoms with E-state index in [0.717, 1.165) is 0 Å². The van der Waals surface area contributed by atoms with Gasteiger partial charge in [-0.1, -0.05) is 17.7 Å². The highest BCUT2D eigenvalue weighted by Gasteiger charge is 2.23. The number of benzene rings is 1. The molecule has 1 aliphatic carbocycles. The summed E-state index contributed by atoms with van der Waals surface area (Å²) in [6.45, 7) is 4.42. The summed E-state index contributed by atoms with van der Waals surface area (Å²) in [7, 11) is 0. The summed E-state index contributed by atoms with van der Waals surface area (Å²) in [5, 5.41) is 0. The van der Waals surface area contributed by atoms with E-state index >= 15 is 0 Å². The second-order valence-corrected chi connectivity index (χ2v) is 5.10. The Balaban J connectivity index is 2.13. The highest BCUT2D eigenvalue weighted by Crippen LogP contribution is 2.37. The summed E-state index contributed by atoms with van der Waals surface area (Å²) in [6.07, 6.45) is 7.49. The van der Waals surface area contributed by atoms with Crippen LogP contribution in [0.4, 0.5) is 0 Å². The van der Waals surface area contributed by atoms with Gasteiger partial charge in [0.25, 0.3) is 0 Å². The molecule has 0 aliphatic heterocycles. The molecule has 2 heteroatoms. The molecule has 17 heavy (non-hydrogen) atoms. The maximum Gasteiger partial charge on any atom is 0.0921 e. The molecule has 1 N–H and O–H groups in total. The van der Waals surface area contributed by atoms with E-state index in [1.807, 2.05) is 6.20 Å². The molecule has 88 valence electrons. The van der Waals surface area contributed by atoms with Crippen molar-refractivity contribution in [1.82, 2.24) is 9.97 Å². The zero-order valence-electron chi connectivity index (χ0n) is 10.5. The van der Waals surface area contributed by atoms with Gasteiger partial charge in [0.2, 0.25) is 0 Å². The predicted molar refractivity (Wildman–Crippen MR) is 69.3 cm³/mol. The number of H-pyrrole nitrogens is 1. The van der Waals surface area contributed by atoms with Crippen LogP contribution in [0.3, 0.4) is 0 Å². The largest absolute Gasteiger partial charge is 0.348 e. The molecular formula is C15H18N2. The fraction of sp³-hybridized carbons (Fsp3) is 0.400. The first-order valence-electron chi connectivity index (χ1n) is 6.34. The van der Waals surface area contributed by atoms with Crippen molar-refractivity contribution < 1.29 is 0 Å². The molecule has 0 radical (unpaired) electrons. The van der Waals surface area contributed by atoms with Crippen LogP contribution < -0.4 is 0 Å². The van der Waals surface area contributed by atoms with Crippen LogP contribution in [0.5, 0.6) is 0 Å².